The predicted molar refractivity (Wildman–Crippen MR) is 74.4 cm³/mol. The van der Waals surface area contributed by atoms with Crippen LogP contribution < -0.4 is 5.32 Å². The van der Waals surface area contributed by atoms with E-state index in [2.05, 4.69) is 5.32 Å². The molecule has 0 saturated carbocycles. The molecule has 2 rings (SSSR count). The van der Waals surface area contributed by atoms with Crippen LogP contribution in [0.2, 0.25) is 0 Å². The number of carbonyl (C=O) groups is 1. The molecule has 0 bridgehead atoms. The van der Waals surface area contributed by atoms with E-state index in [4.69, 9.17) is 0 Å². The number of rotatable bonds is 3. The summed E-state index contributed by atoms with van der Waals surface area (Å²) < 4.78 is 24.8. The number of sulfonamides is 1. The van der Waals surface area contributed by atoms with Gasteiger partial charge >= 0.3 is 0 Å². The number of aryl methyl sites for hydroxylation is 1. The van der Waals surface area contributed by atoms with Gasteiger partial charge in [0.25, 0.3) is 0 Å². The molecule has 1 N–H and O–H groups in total. The van der Waals surface area contributed by atoms with E-state index in [1.54, 1.807) is 6.07 Å². The number of nitrogens with one attached hydrogen (secondary N) is 1. The number of hydrogen-bond donors (Lipinski definition) is 1. The average Bonchev–Trinajstić information content (AvgIpc) is 2.32. The molecule has 0 radical (unpaired) electrons. The molecule has 6 heteroatoms. The first kappa shape index (κ1) is 14.0. The number of carbonyl (C=O) groups excluding carboxylic acids is 1. The highest BCUT2D eigenvalue weighted by molar-refractivity contribution is 7.89. The summed E-state index contributed by atoms with van der Waals surface area (Å²) in [5.74, 6) is -0.152. The fourth-order valence-electron chi connectivity index (χ4n) is 2.10. The minimum Gasteiger partial charge on any atom is -0.325 e. The molecule has 5 nitrogen and oxygen atoms in total. The third-order valence-electron chi connectivity index (χ3n) is 3.07. The SMILES string of the molecule is Cc1cccc(NC(=O)CN2CCCCS2(=O)=O)c1. The molecule has 1 amide bonds. The molecule has 0 atom stereocenters. The molecular formula is C13H18N2O3S. The van der Waals surface area contributed by atoms with Crippen LogP contribution in [-0.2, 0) is 14.8 Å². The van der Waals surface area contributed by atoms with Gasteiger partial charge in [0, 0.05) is 12.2 Å². The maximum Gasteiger partial charge on any atom is 0.239 e. The molecule has 1 aromatic carbocycles. The van der Waals surface area contributed by atoms with Gasteiger partial charge in [-0.15, -0.1) is 0 Å². The van der Waals surface area contributed by atoms with Crippen LogP contribution in [0, 0.1) is 6.92 Å². The number of nitrogens with zero attached hydrogens (tertiary/aromatic N) is 1. The Morgan fingerprint density at radius 3 is 2.84 bits per heavy atom. The summed E-state index contributed by atoms with van der Waals surface area (Å²) in [6.07, 6.45) is 1.50. The highest BCUT2D eigenvalue weighted by atomic mass is 32.2. The van der Waals surface area contributed by atoms with E-state index < -0.39 is 10.0 Å². The Hall–Kier alpha value is -1.40. The fourth-order valence-corrected chi connectivity index (χ4v) is 3.65. The van der Waals surface area contributed by atoms with Crippen LogP contribution in [0.5, 0.6) is 0 Å². The van der Waals surface area contributed by atoms with Crippen molar-refractivity contribution in [3.8, 4) is 0 Å². The van der Waals surface area contributed by atoms with Crippen molar-refractivity contribution in [2.75, 3.05) is 24.2 Å². The van der Waals surface area contributed by atoms with Crippen molar-refractivity contribution in [2.24, 2.45) is 0 Å². The van der Waals surface area contributed by atoms with Crippen LogP contribution in [-0.4, -0.2) is 37.5 Å². The Balaban J connectivity index is 1.98. The number of anilines is 1. The normalized spacial score (nSPS) is 19.0. The molecule has 0 aromatic heterocycles. The van der Waals surface area contributed by atoms with Gasteiger partial charge in [0.2, 0.25) is 15.9 Å². The summed E-state index contributed by atoms with van der Waals surface area (Å²) >= 11 is 0. The summed E-state index contributed by atoms with van der Waals surface area (Å²) in [6.45, 7) is 2.27. The number of benzene rings is 1. The van der Waals surface area contributed by atoms with Crippen LogP contribution in [0.25, 0.3) is 0 Å². The third-order valence-corrected chi connectivity index (χ3v) is 4.98. The molecule has 1 aliphatic heterocycles. The Kier molecular flexibility index (Phi) is 4.21. The molecule has 1 fully saturated rings. The second kappa shape index (κ2) is 5.71. The summed E-state index contributed by atoms with van der Waals surface area (Å²) in [4.78, 5) is 11.9. The first-order valence-electron chi connectivity index (χ1n) is 6.32. The van der Waals surface area contributed by atoms with E-state index in [0.717, 1.165) is 12.0 Å². The summed E-state index contributed by atoms with van der Waals surface area (Å²) in [6, 6.07) is 7.42. The van der Waals surface area contributed by atoms with Crippen LogP contribution in [0.3, 0.4) is 0 Å². The number of amides is 1. The van der Waals surface area contributed by atoms with Crippen LogP contribution in [0.15, 0.2) is 24.3 Å². The van der Waals surface area contributed by atoms with Gasteiger partial charge < -0.3 is 5.32 Å². The van der Waals surface area contributed by atoms with Crippen molar-refractivity contribution in [1.29, 1.82) is 0 Å². The summed E-state index contributed by atoms with van der Waals surface area (Å²) in [5.41, 5.74) is 1.74. The average molecular weight is 282 g/mol. The zero-order valence-corrected chi connectivity index (χ0v) is 11.7. The van der Waals surface area contributed by atoms with E-state index in [9.17, 15) is 13.2 Å². The first-order valence-corrected chi connectivity index (χ1v) is 7.93. The molecule has 19 heavy (non-hydrogen) atoms. The van der Waals surface area contributed by atoms with Crippen molar-refractivity contribution in [1.82, 2.24) is 4.31 Å². The maximum absolute atomic E-state index is 11.9. The van der Waals surface area contributed by atoms with Gasteiger partial charge in [-0.3, -0.25) is 4.79 Å². The lowest BCUT2D eigenvalue weighted by Gasteiger charge is -2.25. The summed E-state index contributed by atoms with van der Waals surface area (Å²) in [5, 5.41) is 2.72. The van der Waals surface area contributed by atoms with Gasteiger partial charge in [-0.25, -0.2) is 8.42 Å². The zero-order valence-electron chi connectivity index (χ0n) is 10.9. The molecule has 104 valence electrons. The van der Waals surface area contributed by atoms with Crippen molar-refractivity contribution >= 4 is 21.6 Å². The lowest BCUT2D eigenvalue weighted by Crippen LogP contribution is -2.42. The van der Waals surface area contributed by atoms with Crippen LogP contribution in [0.4, 0.5) is 5.69 Å². The number of hydrogen-bond acceptors (Lipinski definition) is 3. The Labute approximate surface area is 113 Å². The maximum atomic E-state index is 11.9. The minimum absolute atomic E-state index is 0.101. The monoisotopic (exact) mass is 282 g/mol. The van der Waals surface area contributed by atoms with E-state index >= 15 is 0 Å². The van der Waals surface area contributed by atoms with Gasteiger partial charge in [-0.1, -0.05) is 12.1 Å². The Morgan fingerprint density at radius 1 is 1.37 bits per heavy atom. The second-order valence-electron chi connectivity index (χ2n) is 4.77. The van der Waals surface area contributed by atoms with E-state index in [0.29, 0.717) is 18.7 Å². The van der Waals surface area contributed by atoms with Crippen LogP contribution in [0.1, 0.15) is 18.4 Å². The van der Waals surface area contributed by atoms with Gasteiger partial charge in [0.05, 0.1) is 12.3 Å². The van der Waals surface area contributed by atoms with E-state index in [1.807, 2.05) is 25.1 Å². The lowest BCUT2D eigenvalue weighted by atomic mass is 10.2. The molecule has 1 aromatic rings. The standard InChI is InChI=1S/C13H18N2O3S/c1-11-5-4-6-12(9-11)14-13(16)10-15-7-2-3-8-19(15,17)18/h4-6,9H,2-3,7-8,10H2,1H3,(H,14,16). The van der Waals surface area contributed by atoms with Gasteiger partial charge in [-0.2, -0.15) is 4.31 Å². The van der Waals surface area contributed by atoms with E-state index in [1.165, 1.54) is 4.31 Å². The quantitative estimate of drug-likeness (QED) is 0.910. The first-order chi connectivity index (χ1) is 8.97. The Bertz CT molecular complexity index is 569. The molecule has 1 aliphatic rings. The van der Waals surface area contributed by atoms with Crippen molar-refractivity contribution in [3.63, 3.8) is 0 Å². The molecular weight excluding hydrogens is 264 g/mol. The fraction of sp³-hybridized carbons (Fsp3) is 0.462. The molecule has 1 heterocycles. The minimum atomic E-state index is -3.25. The molecule has 0 aliphatic carbocycles. The third kappa shape index (κ3) is 3.78. The topological polar surface area (TPSA) is 66.5 Å². The van der Waals surface area contributed by atoms with Gasteiger partial charge in [0.1, 0.15) is 0 Å². The second-order valence-corrected chi connectivity index (χ2v) is 6.86. The van der Waals surface area contributed by atoms with Crippen molar-refractivity contribution in [3.05, 3.63) is 29.8 Å². The highest BCUT2D eigenvalue weighted by Crippen LogP contribution is 2.14. The highest BCUT2D eigenvalue weighted by Gasteiger charge is 2.27. The largest absolute Gasteiger partial charge is 0.325 e. The van der Waals surface area contributed by atoms with Crippen molar-refractivity contribution < 1.29 is 13.2 Å². The lowest BCUT2D eigenvalue weighted by molar-refractivity contribution is -0.116. The smallest absolute Gasteiger partial charge is 0.239 e. The Morgan fingerprint density at radius 2 is 2.16 bits per heavy atom. The van der Waals surface area contributed by atoms with Crippen molar-refractivity contribution in [2.45, 2.75) is 19.8 Å². The molecule has 1 saturated heterocycles. The zero-order chi connectivity index (χ0) is 13.9. The van der Waals surface area contributed by atoms with Gasteiger partial charge in [0.15, 0.2) is 0 Å². The molecule has 0 unspecified atom stereocenters. The summed E-state index contributed by atoms with van der Waals surface area (Å²) in [7, 11) is -3.25. The predicted octanol–water partition coefficient (Wildman–Crippen LogP) is 1.36. The van der Waals surface area contributed by atoms with Gasteiger partial charge in [-0.05, 0) is 37.5 Å². The van der Waals surface area contributed by atoms with E-state index in [-0.39, 0.29) is 18.2 Å². The molecule has 0 spiro atoms. The van der Waals surface area contributed by atoms with Crippen LogP contribution >= 0.6 is 0 Å².